The maximum atomic E-state index is 12.4. The van der Waals surface area contributed by atoms with Crippen molar-refractivity contribution in [3.63, 3.8) is 0 Å². The smallest absolute Gasteiger partial charge is 0.231 e. The highest BCUT2D eigenvalue weighted by atomic mass is 16.5. The summed E-state index contributed by atoms with van der Waals surface area (Å²) in [6.07, 6.45) is 4.67. The lowest BCUT2D eigenvalue weighted by molar-refractivity contribution is -0.119. The fraction of sp³-hybridized carbons (Fsp3) is 0.500. The van der Waals surface area contributed by atoms with E-state index in [0.717, 1.165) is 44.7 Å². The standard InChI is InChI=1S/C20H26N4O2/c25-20(17-9-13-26-15-17)22-19-6-10-21-24(19)18-7-11-23(12-8-18)14-16-4-2-1-3-5-16/h1-6,10,17-18H,7-9,11-15H2,(H,22,25)/t17-/m0/s1. The summed E-state index contributed by atoms with van der Waals surface area (Å²) in [6.45, 7) is 4.29. The Morgan fingerprint density at radius 3 is 2.69 bits per heavy atom. The molecule has 0 unspecified atom stereocenters. The molecule has 3 heterocycles. The normalized spacial score (nSPS) is 21.8. The van der Waals surface area contributed by atoms with Crippen molar-refractivity contribution in [2.75, 3.05) is 31.6 Å². The Hall–Kier alpha value is -2.18. The molecule has 1 aromatic heterocycles. The van der Waals surface area contributed by atoms with E-state index in [-0.39, 0.29) is 11.8 Å². The summed E-state index contributed by atoms with van der Waals surface area (Å²) in [5, 5.41) is 7.53. The summed E-state index contributed by atoms with van der Waals surface area (Å²) in [5.41, 5.74) is 1.36. The average molecular weight is 354 g/mol. The number of aromatic nitrogens is 2. The Balaban J connectivity index is 1.33. The van der Waals surface area contributed by atoms with Crippen LogP contribution in [0.4, 0.5) is 5.82 Å². The van der Waals surface area contributed by atoms with Crippen LogP contribution in [0.1, 0.15) is 30.9 Å². The van der Waals surface area contributed by atoms with E-state index in [9.17, 15) is 4.79 Å². The van der Waals surface area contributed by atoms with Crippen LogP contribution in [0.15, 0.2) is 42.6 Å². The molecule has 1 aromatic carbocycles. The average Bonchev–Trinajstić information content (AvgIpc) is 3.35. The number of amides is 1. The minimum Gasteiger partial charge on any atom is -0.381 e. The second-order valence-electron chi connectivity index (χ2n) is 7.20. The van der Waals surface area contributed by atoms with Crippen LogP contribution in [0.25, 0.3) is 0 Å². The van der Waals surface area contributed by atoms with E-state index in [2.05, 4.69) is 45.6 Å². The first kappa shape index (κ1) is 17.2. The number of rotatable bonds is 5. The van der Waals surface area contributed by atoms with Gasteiger partial charge in [-0.1, -0.05) is 30.3 Å². The van der Waals surface area contributed by atoms with Crippen LogP contribution in [-0.2, 0) is 16.1 Å². The van der Waals surface area contributed by atoms with Gasteiger partial charge in [0.1, 0.15) is 5.82 Å². The predicted molar refractivity (Wildman–Crippen MR) is 99.8 cm³/mol. The maximum Gasteiger partial charge on any atom is 0.231 e. The van der Waals surface area contributed by atoms with Crippen molar-refractivity contribution in [2.45, 2.75) is 31.8 Å². The predicted octanol–water partition coefficient (Wildman–Crippen LogP) is 2.70. The Morgan fingerprint density at radius 2 is 1.96 bits per heavy atom. The molecule has 1 N–H and O–H groups in total. The molecule has 1 amide bonds. The SMILES string of the molecule is O=C(Nc1ccnn1C1CCN(Cc2ccccc2)CC1)[C@H]1CCOC1. The van der Waals surface area contributed by atoms with E-state index >= 15 is 0 Å². The number of hydrogen-bond acceptors (Lipinski definition) is 4. The molecule has 0 bridgehead atoms. The van der Waals surface area contributed by atoms with Crippen molar-refractivity contribution in [1.82, 2.24) is 14.7 Å². The van der Waals surface area contributed by atoms with Gasteiger partial charge in [0.25, 0.3) is 0 Å². The van der Waals surface area contributed by atoms with Crippen LogP contribution >= 0.6 is 0 Å². The molecule has 2 aromatic rings. The highest BCUT2D eigenvalue weighted by Gasteiger charge is 2.26. The Morgan fingerprint density at radius 1 is 1.15 bits per heavy atom. The van der Waals surface area contributed by atoms with E-state index in [1.165, 1.54) is 5.56 Å². The molecule has 2 fully saturated rings. The lowest BCUT2D eigenvalue weighted by atomic mass is 10.0. The van der Waals surface area contributed by atoms with Crippen LogP contribution in [-0.4, -0.2) is 46.9 Å². The van der Waals surface area contributed by atoms with E-state index in [1.807, 2.05) is 10.7 Å². The first-order valence-corrected chi connectivity index (χ1v) is 9.48. The first-order chi connectivity index (χ1) is 12.8. The lowest BCUT2D eigenvalue weighted by Crippen LogP contribution is -2.35. The summed E-state index contributed by atoms with van der Waals surface area (Å²) in [4.78, 5) is 14.9. The number of ether oxygens (including phenoxy) is 1. The zero-order valence-electron chi connectivity index (χ0n) is 15.0. The number of nitrogens with zero attached hydrogens (tertiary/aromatic N) is 3. The third-order valence-electron chi connectivity index (χ3n) is 5.37. The second kappa shape index (κ2) is 8.01. The highest BCUT2D eigenvalue weighted by molar-refractivity contribution is 5.92. The van der Waals surface area contributed by atoms with Crippen LogP contribution in [0.2, 0.25) is 0 Å². The Kier molecular flexibility index (Phi) is 5.32. The maximum absolute atomic E-state index is 12.4. The topological polar surface area (TPSA) is 59.4 Å². The van der Waals surface area contributed by atoms with Gasteiger partial charge in [-0.25, -0.2) is 4.68 Å². The molecule has 2 aliphatic heterocycles. The molecular formula is C20H26N4O2. The number of hydrogen-bond donors (Lipinski definition) is 1. The van der Waals surface area contributed by atoms with E-state index < -0.39 is 0 Å². The third kappa shape index (κ3) is 3.97. The quantitative estimate of drug-likeness (QED) is 0.897. The summed E-state index contributed by atoms with van der Waals surface area (Å²) in [5.74, 6) is 0.820. The molecule has 0 saturated carbocycles. The summed E-state index contributed by atoms with van der Waals surface area (Å²) < 4.78 is 7.31. The molecular weight excluding hydrogens is 328 g/mol. The number of carbonyl (C=O) groups excluding carboxylic acids is 1. The molecule has 6 heteroatoms. The van der Waals surface area contributed by atoms with Crippen molar-refractivity contribution < 1.29 is 9.53 Å². The van der Waals surface area contributed by atoms with Gasteiger partial charge >= 0.3 is 0 Å². The number of likely N-dealkylation sites (tertiary alicyclic amines) is 1. The van der Waals surface area contributed by atoms with Gasteiger partial charge in [-0.2, -0.15) is 5.10 Å². The minimum atomic E-state index is -0.0360. The van der Waals surface area contributed by atoms with Crippen molar-refractivity contribution in [2.24, 2.45) is 5.92 Å². The second-order valence-corrected chi connectivity index (χ2v) is 7.20. The number of nitrogens with one attached hydrogen (secondary N) is 1. The molecule has 6 nitrogen and oxygen atoms in total. The van der Waals surface area contributed by atoms with Crippen molar-refractivity contribution in [3.8, 4) is 0 Å². The van der Waals surface area contributed by atoms with Gasteiger partial charge in [-0.3, -0.25) is 9.69 Å². The zero-order chi connectivity index (χ0) is 17.8. The molecule has 2 saturated heterocycles. The minimum absolute atomic E-state index is 0.0360. The fourth-order valence-corrected chi connectivity index (χ4v) is 3.84. The largest absolute Gasteiger partial charge is 0.381 e. The molecule has 0 aliphatic carbocycles. The van der Waals surface area contributed by atoms with Crippen LogP contribution < -0.4 is 5.32 Å². The van der Waals surface area contributed by atoms with Crippen molar-refractivity contribution in [1.29, 1.82) is 0 Å². The van der Waals surface area contributed by atoms with Crippen molar-refractivity contribution in [3.05, 3.63) is 48.2 Å². The molecule has 4 rings (SSSR count). The zero-order valence-corrected chi connectivity index (χ0v) is 15.0. The first-order valence-electron chi connectivity index (χ1n) is 9.48. The van der Waals surface area contributed by atoms with Crippen LogP contribution in [0, 0.1) is 5.92 Å². The molecule has 1 atom stereocenters. The van der Waals surface area contributed by atoms with E-state index in [1.54, 1.807) is 6.20 Å². The molecule has 138 valence electrons. The monoisotopic (exact) mass is 354 g/mol. The lowest BCUT2D eigenvalue weighted by Gasteiger charge is -2.32. The van der Waals surface area contributed by atoms with E-state index in [4.69, 9.17) is 4.74 Å². The number of benzene rings is 1. The summed E-state index contributed by atoms with van der Waals surface area (Å²) in [7, 11) is 0. The number of piperidine rings is 1. The van der Waals surface area contributed by atoms with Crippen LogP contribution in [0.5, 0.6) is 0 Å². The third-order valence-corrected chi connectivity index (χ3v) is 5.37. The Bertz CT molecular complexity index is 716. The molecule has 2 aliphatic rings. The van der Waals surface area contributed by atoms with Gasteiger partial charge in [0.15, 0.2) is 0 Å². The van der Waals surface area contributed by atoms with Gasteiger partial charge in [0.05, 0.1) is 24.8 Å². The van der Waals surface area contributed by atoms with Gasteiger partial charge in [-0.15, -0.1) is 0 Å². The van der Waals surface area contributed by atoms with E-state index in [0.29, 0.717) is 19.3 Å². The van der Waals surface area contributed by atoms with Gasteiger partial charge in [0, 0.05) is 32.3 Å². The summed E-state index contributed by atoms with van der Waals surface area (Å²) >= 11 is 0. The number of anilines is 1. The van der Waals surface area contributed by atoms with Gasteiger partial charge in [0.2, 0.25) is 5.91 Å². The number of carbonyl (C=O) groups is 1. The van der Waals surface area contributed by atoms with Crippen molar-refractivity contribution >= 4 is 11.7 Å². The molecule has 26 heavy (non-hydrogen) atoms. The Labute approximate surface area is 154 Å². The summed E-state index contributed by atoms with van der Waals surface area (Å²) in [6, 6.07) is 12.8. The molecule has 0 radical (unpaired) electrons. The highest BCUT2D eigenvalue weighted by Crippen LogP contribution is 2.26. The van der Waals surface area contributed by atoms with Crippen LogP contribution in [0.3, 0.4) is 0 Å². The van der Waals surface area contributed by atoms with Gasteiger partial charge < -0.3 is 10.1 Å². The fourth-order valence-electron chi connectivity index (χ4n) is 3.84. The molecule has 0 spiro atoms. The van der Waals surface area contributed by atoms with Gasteiger partial charge in [-0.05, 0) is 24.8 Å².